The predicted octanol–water partition coefficient (Wildman–Crippen LogP) is 4.12. The van der Waals surface area contributed by atoms with Crippen molar-refractivity contribution >= 4 is 9.05 Å². The molecule has 0 amide bonds. The van der Waals surface area contributed by atoms with E-state index in [4.69, 9.17) is 27.5 Å². The predicted molar refractivity (Wildman–Crippen MR) is 107 cm³/mol. The highest BCUT2D eigenvalue weighted by atomic mass is 28.4. The van der Waals surface area contributed by atoms with Crippen LogP contribution in [-0.4, -0.2) is 30.4 Å². The summed E-state index contributed by atoms with van der Waals surface area (Å²) < 4.78 is 32.3. The van der Waals surface area contributed by atoms with Gasteiger partial charge in [-0.3, -0.25) is 0 Å². The average molecular weight is 413 g/mol. The molecule has 3 rings (SSSR count). The van der Waals surface area contributed by atoms with Crippen LogP contribution in [0.15, 0.2) is 72.8 Å². The lowest BCUT2D eigenvalue weighted by Gasteiger charge is -2.23. The molecule has 1 radical (unpaired) electrons. The van der Waals surface area contributed by atoms with Crippen molar-refractivity contribution in [2.75, 3.05) is 21.3 Å². The van der Waals surface area contributed by atoms with E-state index in [1.807, 2.05) is 0 Å². The minimum atomic E-state index is -4.43. The van der Waals surface area contributed by atoms with Crippen molar-refractivity contribution in [1.29, 1.82) is 0 Å². The maximum atomic E-state index is 13.5. The third kappa shape index (κ3) is 5.56. The molecule has 0 unspecified atom stereocenters. The van der Waals surface area contributed by atoms with Crippen LogP contribution < -0.4 is 27.5 Å². The summed E-state index contributed by atoms with van der Waals surface area (Å²) in [6.07, 6.45) is 0. The van der Waals surface area contributed by atoms with Gasteiger partial charge in [0.15, 0.2) is 0 Å². The van der Waals surface area contributed by atoms with Gasteiger partial charge in [-0.25, -0.2) is 0 Å². The zero-order valence-electron chi connectivity index (χ0n) is 16.3. The number of hydrogen-bond donors (Lipinski definition) is 0. The Morgan fingerprint density at radius 2 is 0.655 bits per heavy atom. The van der Waals surface area contributed by atoms with E-state index in [-0.39, 0.29) is 0 Å². The van der Waals surface area contributed by atoms with E-state index in [1.165, 1.54) is 0 Å². The smallest absolute Gasteiger partial charge is 0.497 e. The largest absolute Gasteiger partial charge is 0.921 e. The topological polar surface area (TPSA) is 75.3 Å². The summed E-state index contributed by atoms with van der Waals surface area (Å²) in [6.45, 7) is 0. The molecule has 0 aliphatic rings. The number of benzene rings is 3. The number of hydrogen-bond acceptors (Lipinski definition) is 6. The highest BCUT2D eigenvalue weighted by molar-refractivity contribution is 6.54. The van der Waals surface area contributed by atoms with Gasteiger partial charge in [-0.05, 0) is 72.8 Å². The fourth-order valence-corrected chi connectivity index (χ4v) is 3.83. The van der Waals surface area contributed by atoms with Crippen molar-refractivity contribution in [1.82, 2.24) is 0 Å². The second kappa shape index (κ2) is 9.22. The van der Waals surface area contributed by atoms with Crippen molar-refractivity contribution in [3.8, 4) is 34.5 Å². The van der Waals surface area contributed by atoms with Gasteiger partial charge in [-0.1, -0.05) is 0 Å². The Balaban J connectivity index is 1.84. The van der Waals surface area contributed by atoms with Gasteiger partial charge in [0.1, 0.15) is 34.5 Å². The normalized spacial score (nSPS) is 10.8. The highest BCUT2D eigenvalue weighted by Gasteiger charge is 2.53. The van der Waals surface area contributed by atoms with E-state index in [2.05, 4.69) is 0 Å². The van der Waals surface area contributed by atoms with Crippen LogP contribution >= 0.6 is 0 Å². The summed E-state index contributed by atoms with van der Waals surface area (Å²) in [5.74, 6) is 2.87. The van der Waals surface area contributed by atoms with Crippen LogP contribution in [0.4, 0.5) is 0 Å². The molecule has 0 saturated carbocycles. The fourth-order valence-electron chi connectivity index (χ4n) is 2.43. The van der Waals surface area contributed by atoms with Crippen LogP contribution in [0.3, 0.4) is 0 Å². The molecule has 0 heterocycles. The molecule has 0 fully saturated rings. The summed E-state index contributed by atoms with van der Waals surface area (Å²) >= 11 is 0. The summed E-state index contributed by atoms with van der Waals surface area (Å²) in [7, 11) is 0.246. The number of ether oxygens (including phenoxy) is 3. The quantitative estimate of drug-likeness (QED) is 0.491. The van der Waals surface area contributed by atoms with E-state index in [9.17, 15) is 4.80 Å². The lowest BCUT2D eigenvalue weighted by molar-refractivity contribution is 0.113. The van der Waals surface area contributed by atoms with Crippen molar-refractivity contribution in [3.05, 3.63) is 72.8 Å². The summed E-state index contributed by atoms with van der Waals surface area (Å²) in [5, 5.41) is 0. The Bertz CT molecular complexity index is 775. The third-order valence-corrected chi connectivity index (χ3v) is 5.36. The molecule has 0 aliphatic carbocycles. The molecule has 0 aromatic heterocycles. The zero-order chi connectivity index (χ0) is 20.7. The minimum Gasteiger partial charge on any atom is -0.497 e. The molecule has 0 spiro atoms. The average Bonchev–Trinajstić information content (AvgIpc) is 2.75. The maximum absolute atomic E-state index is 13.5. The van der Waals surface area contributed by atoms with Gasteiger partial charge in [0.2, 0.25) is 0 Å². The van der Waals surface area contributed by atoms with Crippen molar-refractivity contribution in [3.63, 3.8) is 0 Å². The first kappa shape index (κ1) is 20.4. The molecular formula is C21H21O7Si. The maximum Gasteiger partial charge on any atom is 0.921 e. The second-order valence-corrected chi connectivity index (χ2v) is 7.45. The Kier molecular flexibility index (Phi) is 6.48. The molecule has 0 bridgehead atoms. The summed E-state index contributed by atoms with van der Waals surface area (Å²) in [6, 6.07) is 19.8. The molecule has 0 aliphatic heterocycles. The molecule has 151 valence electrons. The van der Waals surface area contributed by atoms with Crippen molar-refractivity contribution < 1.29 is 32.3 Å². The molecular weight excluding hydrogens is 392 g/mol. The molecule has 0 atom stereocenters. The van der Waals surface area contributed by atoms with E-state index in [0.29, 0.717) is 34.5 Å². The summed E-state index contributed by atoms with van der Waals surface area (Å²) in [5.41, 5.74) is 0. The lowest BCUT2D eigenvalue weighted by Crippen LogP contribution is -2.54. The first-order chi connectivity index (χ1) is 14.0. The Hall–Kier alpha value is -3.36. The Labute approximate surface area is 170 Å². The van der Waals surface area contributed by atoms with Gasteiger partial charge in [-0.2, -0.15) is 4.80 Å². The van der Waals surface area contributed by atoms with E-state index >= 15 is 0 Å². The van der Waals surface area contributed by atoms with Gasteiger partial charge in [0.25, 0.3) is 0 Å². The first-order valence-electron chi connectivity index (χ1n) is 8.73. The standard InChI is InChI=1S/C21H21O7Si/c1-23-16-4-10-19(11-5-16)26-29(22,27-20-12-6-17(24-2)7-13-20)28-21-14-8-18(25-3)9-15-21/h4-15H,1-3H3. The Morgan fingerprint density at radius 1 is 0.448 bits per heavy atom. The summed E-state index contributed by atoms with van der Waals surface area (Å²) in [4.78, 5) is 13.5. The van der Waals surface area contributed by atoms with Gasteiger partial charge in [0.05, 0.1) is 21.3 Å². The molecule has 0 saturated heterocycles. The van der Waals surface area contributed by atoms with E-state index in [1.54, 1.807) is 94.1 Å². The number of rotatable bonds is 9. The van der Waals surface area contributed by atoms with Crippen LogP contribution in [0, 0.1) is 0 Å². The van der Waals surface area contributed by atoms with Crippen LogP contribution in [0.2, 0.25) is 0 Å². The van der Waals surface area contributed by atoms with Gasteiger partial charge < -0.3 is 27.5 Å². The second-order valence-electron chi connectivity index (χ2n) is 5.83. The first-order valence-corrected chi connectivity index (χ1v) is 10.4. The molecule has 3 aromatic carbocycles. The van der Waals surface area contributed by atoms with Gasteiger partial charge in [0, 0.05) is 0 Å². The third-order valence-electron chi connectivity index (χ3n) is 3.91. The van der Waals surface area contributed by atoms with Crippen molar-refractivity contribution in [2.24, 2.45) is 0 Å². The van der Waals surface area contributed by atoms with E-state index < -0.39 is 9.05 Å². The lowest BCUT2D eigenvalue weighted by atomic mass is 10.3. The fraction of sp³-hybridized carbons (Fsp3) is 0.143. The van der Waals surface area contributed by atoms with Crippen LogP contribution in [-0.2, 0) is 4.80 Å². The highest BCUT2D eigenvalue weighted by Crippen LogP contribution is 2.26. The van der Waals surface area contributed by atoms with Gasteiger partial charge >= 0.3 is 9.05 Å². The van der Waals surface area contributed by atoms with Crippen molar-refractivity contribution in [2.45, 2.75) is 0 Å². The SMILES string of the molecule is COc1ccc(O[Si]([O])(Oc2ccc(OC)cc2)Oc2ccc(OC)cc2)cc1. The zero-order valence-corrected chi connectivity index (χ0v) is 17.3. The molecule has 8 heteroatoms. The molecule has 29 heavy (non-hydrogen) atoms. The minimum absolute atomic E-state index is 0.314. The van der Waals surface area contributed by atoms with Crippen LogP contribution in [0.25, 0.3) is 0 Å². The van der Waals surface area contributed by atoms with Gasteiger partial charge in [-0.15, -0.1) is 0 Å². The molecule has 0 N–H and O–H groups in total. The number of methoxy groups -OCH3 is 3. The van der Waals surface area contributed by atoms with Crippen LogP contribution in [0.1, 0.15) is 0 Å². The van der Waals surface area contributed by atoms with E-state index in [0.717, 1.165) is 0 Å². The Morgan fingerprint density at radius 3 is 0.862 bits per heavy atom. The molecule has 3 aromatic rings. The molecule has 7 nitrogen and oxygen atoms in total. The monoisotopic (exact) mass is 413 g/mol. The van der Waals surface area contributed by atoms with Crippen LogP contribution in [0.5, 0.6) is 34.5 Å².